The van der Waals surface area contributed by atoms with Gasteiger partial charge in [0.2, 0.25) is 0 Å². The molecule has 4 aromatic rings. The highest BCUT2D eigenvalue weighted by molar-refractivity contribution is 7.16. The largest absolute Gasteiger partial charge is 0.352 e. The number of aromatic nitrogens is 5. The molecule has 5 heterocycles. The zero-order chi connectivity index (χ0) is 17.5. The fourth-order valence-electron chi connectivity index (χ4n) is 3.18. The normalized spacial score (nSPS) is 14.5. The molecule has 4 aromatic heterocycles. The Morgan fingerprint density at radius 1 is 1.04 bits per heavy atom. The molecule has 1 fully saturated rings. The number of hydrogen-bond acceptors (Lipinski definition) is 7. The first kappa shape index (κ1) is 15.2. The van der Waals surface area contributed by atoms with Crippen LogP contribution in [0.25, 0.3) is 21.5 Å². The minimum absolute atomic E-state index is 0.0351. The third kappa shape index (κ3) is 2.46. The zero-order valence-corrected chi connectivity index (χ0v) is 14.5. The van der Waals surface area contributed by atoms with E-state index in [1.54, 1.807) is 46.9 Å². The van der Waals surface area contributed by atoms with Crippen LogP contribution in [0.15, 0.2) is 59.2 Å². The molecule has 26 heavy (non-hydrogen) atoms. The minimum atomic E-state index is -0.0872. The summed E-state index contributed by atoms with van der Waals surface area (Å²) in [4.78, 5) is 28.2. The van der Waals surface area contributed by atoms with Gasteiger partial charge < -0.3 is 4.90 Å². The first-order chi connectivity index (χ1) is 12.8. The van der Waals surface area contributed by atoms with Crippen LogP contribution in [0.2, 0.25) is 0 Å². The highest BCUT2D eigenvalue weighted by atomic mass is 32.1. The van der Waals surface area contributed by atoms with Gasteiger partial charge in [-0.2, -0.15) is 5.10 Å². The number of anilines is 1. The van der Waals surface area contributed by atoms with Crippen LogP contribution in [0.3, 0.4) is 0 Å². The molecule has 0 saturated carbocycles. The SMILES string of the molecule is O=c1ccc(-c2ccncc2)nn1C1CN(c2ncnc3sccc23)C1. The molecule has 0 atom stereocenters. The predicted octanol–water partition coefficient (Wildman–Crippen LogP) is 2.37. The summed E-state index contributed by atoms with van der Waals surface area (Å²) in [5, 5.41) is 7.64. The fraction of sp³-hybridized carbons (Fsp3) is 0.167. The van der Waals surface area contributed by atoms with Crippen LogP contribution in [0.4, 0.5) is 5.82 Å². The number of rotatable bonds is 3. The van der Waals surface area contributed by atoms with Crippen molar-refractivity contribution in [2.24, 2.45) is 0 Å². The van der Waals surface area contributed by atoms with Crippen molar-refractivity contribution in [1.82, 2.24) is 24.7 Å². The number of fused-ring (bicyclic) bond motifs is 1. The van der Waals surface area contributed by atoms with Crippen molar-refractivity contribution in [3.63, 3.8) is 0 Å². The molecule has 1 saturated heterocycles. The lowest BCUT2D eigenvalue weighted by atomic mass is 10.1. The van der Waals surface area contributed by atoms with Crippen molar-refractivity contribution in [2.75, 3.05) is 18.0 Å². The van der Waals surface area contributed by atoms with Crippen molar-refractivity contribution in [1.29, 1.82) is 0 Å². The fourth-order valence-corrected chi connectivity index (χ4v) is 3.90. The van der Waals surface area contributed by atoms with E-state index in [-0.39, 0.29) is 11.6 Å². The molecule has 7 nitrogen and oxygen atoms in total. The third-order valence-electron chi connectivity index (χ3n) is 4.55. The molecule has 1 aliphatic rings. The van der Waals surface area contributed by atoms with E-state index < -0.39 is 0 Å². The average Bonchev–Trinajstić information content (AvgIpc) is 3.12. The van der Waals surface area contributed by atoms with E-state index in [1.165, 1.54) is 0 Å². The summed E-state index contributed by atoms with van der Waals surface area (Å²) < 4.78 is 1.58. The van der Waals surface area contributed by atoms with E-state index in [2.05, 4.69) is 25.0 Å². The summed E-state index contributed by atoms with van der Waals surface area (Å²) in [5.74, 6) is 0.922. The molecule has 0 radical (unpaired) electrons. The minimum Gasteiger partial charge on any atom is -0.352 e. The summed E-state index contributed by atoms with van der Waals surface area (Å²) in [7, 11) is 0. The van der Waals surface area contributed by atoms with Crippen molar-refractivity contribution >= 4 is 27.4 Å². The Morgan fingerprint density at radius 2 is 1.88 bits per heavy atom. The van der Waals surface area contributed by atoms with E-state index in [0.717, 1.165) is 27.3 Å². The second-order valence-electron chi connectivity index (χ2n) is 6.13. The molecule has 0 aromatic carbocycles. The van der Waals surface area contributed by atoms with Crippen LogP contribution in [0.1, 0.15) is 6.04 Å². The van der Waals surface area contributed by atoms with Gasteiger partial charge in [-0.25, -0.2) is 14.6 Å². The van der Waals surface area contributed by atoms with E-state index in [9.17, 15) is 4.79 Å². The molecule has 0 bridgehead atoms. The molecular weight excluding hydrogens is 348 g/mol. The highest BCUT2D eigenvalue weighted by Gasteiger charge is 2.32. The van der Waals surface area contributed by atoms with Crippen molar-refractivity contribution in [3.8, 4) is 11.3 Å². The molecule has 0 unspecified atom stereocenters. The number of hydrogen-bond donors (Lipinski definition) is 0. The summed E-state index contributed by atoms with van der Waals surface area (Å²) >= 11 is 1.60. The van der Waals surface area contributed by atoms with Crippen LogP contribution in [0, 0.1) is 0 Å². The van der Waals surface area contributed by atoms with Crippen LogP contribution >= 0.6 is 11.3 Å². The van der Waals surface area contributed by atoms with E-state index >= 15 is 0 Å². The first-order valence-electron chi connectivity index (χ1n) is 8.23. The molecule has 0 spiro atoms. The summed E-state index contributed by atoms with van der Waals surface area (Å²) in [5.41, 5.74) is 1.63. The topological polar surface area (TPSA) is 76.8 Å². The quantitative estimate of drug-likeness (QED) is 0.557. The Labute approximate surface area is 152 Å². The van der Waals surface area contributed by atoms with Gasteiger partial charge in [0.1, 0.15) is 17.0 Å². The number of thiophene rings is 1. The molecule has 5 rings (SSSR count). The van der Waals surface area contributed by atoms with Gasteiger partial charge in [-0.05, 0) is 29.6 Å². The van der Waals surface area contributed by atoms with E-state index in [4.69, 9.17) is 0 Å². The first-order valence-corrected chi connectivity index (χ1v) is 9.11. The monoisotopic (exact) mass is 362 g/mol. The van der Waals surface area contributed by atoms with Gasteiger partial charge >= 0.3 is 0 Å². The lowest BCUT2D eigenvalue weighted by Gasteiger charge is -2.40. The molecule has 0 amide bonds. The molecule has 8 heteroatoms. The molecule has 1 aliphatic heterocycles. The van der Waals surface area contributed by atoms with Gasteiger partial charge in [-0.3, -0.25) is 9.78 Å². The van der Waals surface area contributed by atoms with Gasteiger partial charge in [-0.15, -0.1) is 11.3 Å². The van der Waals surface area contributed by atoms with Crippen LogP contribution in [-0.4, -0.2) is 37.8 Å². The highest BCUT2D eigenvalue weighted by Crippen LogP contribution is 2.32. The molecule has 0 N–H and O–H groups in total. The lowest BCUT2D eigenvalue weighted by Crippen LogP contribution is -2.51. The van der Waals surface area contributed by atoms with Gasteiger partial charge in [0.25, 0.3) is 5.56 Å². The van der Waals surface area contributed by atoms with Crippen molar-refractivity contribution in [2.45, 2.75) is 6.04 Å². The summed E-state index contributed by atoms with van der Waals surface area (Å²) in [6, 6.07) is 9.18. The lowest BCUT2D eigenvalue weighted by molar-refractivity contribution is 0.353. The maximum Gasteiger partial charge on any atom is 0.267 e. The van der Waals surface area contributed by atoms with Gasteiger partial charge in [-0.1, -0.05) is 0 Å². The summed E-state index contributed by atoms with van der Waals surface area (Å²) in [6.45, 7) is 1.41. The molecule has 0 aliphatic carbocycles. The Morgan fingerprint density at radius 3 is 2.73 bits per heavy atom. The van der Waals surface area contributed by atoms with Gasteiger partial charge in [0.15, 0.2) is 0 Å². The number of pyridine rings is 1. The number of nitrogens with zero attached hydrogens (tertiary/aromatic N) is 6. The van der Waals surface area contributed by atoms with Gasteiger partial charge in [0, 0.05) is 37.1 Å². The Bertz CT molecular complexity index is 1130. The van der Waals surface area contributed by atoms with E-state index in [1.807, 2.05) is 23.6 Å². The van der Waals surface area contributed by atoms with Gasteiger partial charge in [0.05, 0.1) is 17.1 Å². The van der Waals surface area contributed by atoms with Crippen LogP contribution < -0.4 is 10.5 Å². The Balaban J connectivity index is 1.43. The average molecular weight is 362 g/mol. The standard InChI is InChI=1S/C18H14N6OS/c25-16-2-1-15(12-3-6-19-7-4-12)22-24(16)13-9-23(10-13)17-14-5-8-26-18(14)21-11-20-17/h1-8,11,13H,9-10H2. The smallest absolute Gasteiger partial charge is 0.267 e. The Hall–Kier alpha value is -3.13. The predicted molar refractivity (Wildman–Crippen MR) is 100 cm³/mol. The maximum absolute atomic E-state index is 12.3. The third-order valence-corrected chi connectivity index (χ3v) is 5.37. The Kier molecular flexibility index (Phi) is 3.49. The molecule has 128 valence electrons. The van der Waals surface area contributed by atoms with Crippen LogP contribution in [-0.2, 0) is 0 Å². The maximum atomic E-state index is 12.3. The van der Waals surface area contributed by atoms with Crippen molar-refractivity contribution < 1.29 is 0 Å². The summed E-state index contributed by atoms with van der Waals surface area (Å²) in [6.07, 6.45) is 5.04. The zero-order valence-electron chi connectivity index (χ0n) is 13.7. The van der Waals surface area contributed by atoms with E-state index in [0.29, 0.717) is 13.1 Å². The second-order valence-corrected chi connectivity index (χ2v) is 7.03. The second kappa shape index (κ2) is 5.99. The van der Waals surface area contributed by atoms with Crippen LogP contribution in [0.5, 0.6) is 0 Å². The van der Waals surface area contributed by atoms with Crippen molar-refractivity contribution in [3.05, 3.63) is 64.8 Å². The molecular formula is C18H14N6OS.